The molecular formula is C17H25N5O4. The Morgan fingerprint density at radius 1 is 1.15 bits per heavy atom. The van der Waals surface area contributed by atoms with Crippen molar-refractivity contribution in [1.29, 1.82) is 0 Å². The maximum atomic E-state index is 12.5. The Kier molecular flexibility index (Phi) is 6.00. The van der Waals surface area contributed by atoms with Crippen LogP contribution in [0.2, 0.25) is 0 Å². The lowest BCUT2D eigenvalue weighted by molar-refractivity contribution is 0.0227. The first-order chi connectivity index (χ1) is 12.6. The molecule has 2 fully saturated rings. The number of hydrogen-bond acceptors (Lipinski definition) is 6. The quantitative estimate of drug-likeness (QED) is 0.775. The largest absolute Gasteiger partial charge is 0.388 e. The van der Waals surface area contributed by atoms with Gasteiger partial charge in [-0.1, -0.05) is 0 Å². The van der Waals surface area contributed by atoms with Gasteiger partial charge in [-0.25, -0.2) is 9.78 Å². The van der Waals surface area contributed by atoms with Gasteiger partial charge in [-0.15, -0.1) is 0 Å². The van der Waals surface area contributed by atoms with Crippen molar-refractivity contribution in [2.75, 3.05) is 45.9 Å². The Balaban J connectivity index is 1.52. The van der Waals surface area contributed by atoms with Gasteiger partial charge in [-0.3, -0.25) is 9.78 Å². The van der Waals surface area contributed by atoms with E-state index in [-0.39, 0.29) is 18.5 Å². The number of morpholine rings is 1. The van der Waals surface area contributed by atoms with E-state index in [4.69, 9.17) is 4.74 Å². The summed E-state index contributed by atoms with van der Waals surface area (Å²) in [6.07, 6.45) is 6.05. The standard InChI is InChI=1S/C17H25N5O4/c23-15(14-12-18-4-5-19-14)21-6-1-2-17(25,3-7-21)13-20-16(24)22-8-10-26-11-9-22/h4-5,12,25H,1-3,6-11,13H2,(H,20,24)/t17-/m0/s1. The lowest BCUT2D eigenvalue weighted by Gasteiger charge is -2.31. The fraction of sp³-hybridized carbons (Fsp3) is 0.647. The third-order valence-electron chi connectivity index (χ3n) is 4.85. The number of aromatic nitrogens is 2. The summed E-state index contributed by atoms with van der Waals surface area (Å²) in [5, 5.41) is 13.7. The molecule has 1 aromatic heterocycles. The molecule has 0 bridgehead atoms. The van der Waals surface area contributed by atoms with E-state index in [0.29, 0.717) is 64.3 Å². The Morgan fingerprint density at radius 3 is 2.69 bits per heavy atom. The third-order valence-corrected chi connectivity index (χ3v) is 4.85. The van der Waals surface area contributed by atoms with E-state index >= 15 is 0 Å². The highest BCUT2D eigenvalue weighted by Crippen LogP contribution is 2.22. The van der Waals surface area contributed by atoms with Gasteiger partial charge in [-0.05, 0) is 19.3 Å². The topological polar surface area (TPSA) is 108 Å². The van der Waals surface area contributed by atoms with Crippen molar-refractivity contribution >= 4 is 11.9 Å². The molecule has 2 saturated heterocycles. The van der Waals surface area contributed by atoms with Gasteiger partial charge >= 0.3 is 6.03 Å². The number of urea groups is 1. The van der Waals surface area contributed by atoms with E-state index in [1.807, 2.05) is 0 Å². The predicted octanol–water partition coefficient (Wildman–Crippen LogP) is -0.124. The van der Waals surface area contributed by atoms with Crippen molar-refractivity contribution in [2.45, 2.75) is 24.9 Å². The molecule has 1 atom stereocenters. The van der Waals surface area contributed by atoms with Crippen LogP contribution in [-0.4, -0.2) is 88.4 Å². The van der Waals surface area contributed by atoms with Crippen LogP contribution in [0.15, 0.2) is 18.6 Å². The molecule has 3 amide bonds. The second-order valence-electron chi connectivity index (χ2n) is 6.72. The fourth-order valence-corrected chi connectivity index (χ4v) is 3.25. The average Bonchev–Trinajstić information content (AvgIpc) is 2.89. The van der Waals surface area contributed by atoms with E-state index in [0.717, 1.165) is 0 Å². The highest BCUT2D eigenvalue weighted by molar-refractivity contribution is 5.91. The summed E-state index contributed by atoms with van der Waals surface area (Å²) in [6.45, 7) is 3.34. The SMILES string of the molecule is O=C(NC[C@]1(O)CCCN(C(=O)c2cnccn2)CC1)N1CCOCC1. The molecule has 9 heteroatoms. The first kappa shape index (κ1) is 18.5. The number of nitrogens with zero attached hydrogens (tertiary/aromatic N) is 4. The lowest BCUT2D eigenvalue weighted by Crippen LogP contribution is -2.51. The van der Waals surface area contributed by atoms with Crippen molar-refractivity contribution in [2.24, 2.45) is 0 Å². The molecule has 3 rings (SSSR count). The zero-order valence-electron chi connectivity index (χ0n) is 14.8. The molecule has 0 radical (unpaired) electrons. The van der Waals surface area contributed by atoms with E-state index in [2.05, 4.69) is 15.3 Å². The van der Waals surface area contributed by atoms with E-state index in [9.17, 15) is 14.7 Å². The van der Waals surface area contributed by atoms with Crippen LogP contribution in [0.4, 0.5) is 4.79 Å². The summed E-state index contributed by atoms with van der Waals surface area (Å²) >= 11 is 0. The Bertz CT molecular complexity index is 623. The van der Waals surface area contributed by atoms with Crippen LogP contribution in [0.25, 0.3) is 0 Å². The Morgan fingerprint density at radius 2 is 1.96 bits per heavy atom. The zero-order valence-corrected chi connectivity index (χ0v) is 14.8. The molecule has 26 heavy (non-hydrogen) atoms. The van der Waals surface area contributed by atoms with Crippen molar-refractivity contribution in [3.63, 3.8) is 0 Å². The van der Waals surface area contributed by atoms with Gasteiger partial charge in [0.1, 0.15) is 5.69 Å². The number of ether oxygens (including phenoxy) is 1. The highest BCUT2D eigenvalue weighted by atomic mass is 16.5. The summed E-state index contributed by atoms with van der Waals surface area (Å²) < 4.78 is 5.23. The molecule has 142 valence electrons. The molecule has 0 aliphatic carbocycles. The minimum absolute atomic E-state index is 0.177. The molecule has 2 aliphatic rings. The molecule has 0 aromatic carbocycles. The van der Waals surface area contributed by atoms with Crippen LogP contribution < -0.4 is 5.32 Å². The van der Waals surface area contributed by atoms with Crippen molar-refractivity contribution in [1.82, 2.24) is 25.1 Å². The van der Waals surface area contributed by atoms with Gasteiger partial charge in [0, 0.05) is 45.1 Å². The number of aliphatic hydroxyl groups is 1. The molecule has 2 N–H and O–H groups in total. The van der Waals surface area contributed by atoms with Crippen molar-refractivity contribution < 1.29 is 19.4 Å². The van der Waals surface area contributed by atoms with Crippen LogP contribution in [0, 0.1) is 0 Å². The molecule has 0 unspecified atom stereocenters. The number of carbonyl (C=O) groups is 2. The average molecular weight is 363 g/mol. The highest BCUT2D eigenvalue weighted by Gasteiger charge is 2.33. The second kappa shape index (κ2) is 8.41. The summed E-state index contributed by atoms with van der Waals surface area (Å²) in [5.74, 6) is -0.181. The van der Waals surface area contributed by atoms with Crippen LogP contribution >= 0.6 is 0 Å². The van der Waals surface area contributed by atoms with E-state index in [1.165, 1.54) is 18.6 Å². The number of hydrogen-bond donors (Lipinski definition) is 2. The molecule has 0 saturated carbocycles. The van der Waals surface area contributed by atoms with Gasteiger partial charge in [0.05, 0.1) is 25.0 Å². The minimum Gasteiger partial charge on any atom is -0.388 e. The first-order valence-corrected chi connectivity index (χ1v) is 8.96. The zero-order chi connectivity index (χ0) is 18.4. The number of likely N-dealkylation sites (tertiary alicyclic amines) is 1. The molecule has 9 nitrogen and oxygen atoms in total. The Labute approximate surface area is 152 Å². The fourth-order valence-electron chi connectivity index (χ4n) is 3.25. The Hall–Kier alpha value is -2.26. The smallest absolute Gasteiger partial charge is 0.317 e. The molecule has 1 aromatic rings. The van der Waals surface area contributed by atoms with Crippen LogP contribution in [-0.2, 0) is 4.74 Å². The normalized spacial score (nSPS) is 24.0. The molecule has 3 heterocycles. The van der Waals surface area contributed by atoms with Gasteiger partial charge in [0.25, 0.3) is 5.91 Å². The number of carbonyl (C=O) groups excluding carboxylic acids is 2. The maximum Gasteiger partial charge on any atom is 0.317 e. The van der Waals surface area contributed by atoms with Gasteiger partial charge < -0.3 is 25.0 Å². The lowest BCUT2D eigenvalue weighted by atomic mass is 9.95. The van der Waals surface area contributed by atoms with Gasteiger partial charge in [0.15, 0.2) is 0 Å². The van der Waals surface area contributed by atoms with E-state index < -0.39 is 5.60 Å². The third kappa shape index (κ3) is 4.67. The van der Waals surface area contributed by atoms with E-state index in [1.54, 1.807) is 9.80 Å². The summed E-state index contributed by atoms with van der Waals surface area (Å²) in [6, 6.07) is -0.182. The predicted molar refractivity (Wildman–Crippen MR) is 92.5 cm³/mol. The number of nitrogens with one attached hydrogen (secondary N) is 1. The van der Waals surface area contributed by atoms with Gasteiger partial charge in [0.2, 0.25) is 0 Å². The molecule has 2 aliphatic heterocycles. The summed E-state index contributed by atoms with van der Waals surface area (Å²) in [5.41, 5.74) is -0.710. The maximum absolute atomic E-state index is 12.5. The number of amides is 3. The van der Waals surface area contributed by atoms with Crippen molar-refractivity contribution in [3.05, 3.63) is 24.3 Å². The first-order valence-electron chi connectivity index (χ1n) is 8.96. The summed E-state index contributed by atoms with van der Waals surface area (Å²) in [7, 11) is 0. The summed E-state index contributed by atoms with van der Waals surface area (Å²) in [4.78, 5) is 36.0. The number of rotatable bonds is 3. The van der Waals surface area contributed by atoms with Gasteiger partial charge in [-0.2, -0.15) is 0 Å². The van der Waals surface area contributed by atoms with Crippen molar-refractivity contribution in [3.8, 4) is 0 Å². The molecule has 0 spiro atoms. The second-order valence-corrected chi connectivity index (χ2v) is 6.72. The van der Waals surface area contributed by atoms with Crippen LogP contribution in [0.1, 0.15) is 29.8 Å². The monoisotopic (exact) mass is 363 g/mol. The van der Waals surface area contributed by atoms with Crippen LogP contribution in [0.5, 0.6) is 0 Å². The minimum atomic E-state index is -1.01. The molecular weight excluding hydrogens is 338 g/mol. The van der Waals surface area contributed by atoms with Crippen LogP contribution in [0.3, 0.4) is 0 Å².